The van der Waals surface area contributed by atoms with Gasteiger partial charge < -0.3 is 9.64 Å². The number of rotatable bonds is 6. The highest BCUT2D eigenvalue weighted by Crippen LogP contribution is 2.33. The van der Waals surface area contributed by atoms with E-state index in [9.17, 15) is 4.79 Å². The predicted molar refractivity (Wildman–Crippen MR) is 114 cm³/mol. The number of aromatic nitrogens is 1. The van der Waals surface area contributed by atoms with Crippen molar-refractivity contribution < 1.29 is 9.53 Å². The number of fused-ring (bicyclic) bond motifs is 1. The molecule has 1 aliphatic rings. The molecular weight excluding hydrogens is 392 g/mol. The van der Waals surface area contributed by atoms with E-state index in [4.69, 9.17) is 21.3 Å². The lowest BCUT2D eigenvalue weighted by Crippen LogP contribution is -2.37. The Morgan fingerprint density at radius 2 is 1.89 bits per heavy atom. The van der Waals surface area contributed by atoms with E-state index >= 15 is 0 Å². The van der Waals surface area contributed by atoms with Crippen molar-refractivity contribution in [2.45, 2.75) is 31.6 Å². The summed E-state index contributed by atoms with van der Waals surface area (Å²) in [7, 11) is 0. The molecule has 0 spiro atoms. The van der Waals surface area contributed by atoms with E-state index in [1.807, 2.05) is 23.1 Å². The van der Waals surface area contributed by atoms with Gasteiger partial charge in [-0.3, -0.25) is 4.79 Å². The topological polar surface area (TPSA) is 42.4 Å². The van der Waals surface area contributed by atoms with Crippen LogP contribution in [0.1, 0.15) is 36.6 Å². The molecule has 1 saturated heterocycles. The minimum absolute atomic E-state index is 0.224. The quantitative estimate of drug-likeness (QED) is 0.499. The van der Waals surface area contributed by atoms with E-state index in [0.29, 0.717) is 24.0 Å². The van der Waals surface area contributed by atoms with Gasteiger partial charge in [0.25, 0.3) is 0 Å². The van der Waals surface area contributed by atoms with Crippen LogP contribution in [-0.4, -0.2) is 35.5 Å². The Labute approximate surface area is 174 Å². The summed E-state index contributed by atoms with van der Waals surface area (Å²) in [6.07, 6.45) is 3.23. The summed E-state index contributed by atoms with van der Waals surface area (Å²) >= 11 is 7.65. The molecule has 2 aromatic carbocycles. The maximum absolute atomic E-state index is 12.5. The van der Waals surface area contributed by atoms with Gasteiger partial charge in [-0.1, -0.05) is 23.7 Å². The third-order valence-corrected chi connectivity index (χ3v) is 6.58. The Bertz CT molecular complexity index is 900. The molecule has 3 aromatic rings. The molecule has 1 amide bonds. The van der Waals surface area contributed by atoms with E-state index in [1.165, 1.54) is 9.71 Å². The molecule has 1 aliphatic heterocycles. The zero-order chi connectivity index (χ0) is 19.3. The van der Waals surface area contributed by atoms with Crippen molar-refractivity contribution in [3.05, 3.63) is 58.6 Å². The van der Waals surface area contributed by atoms with Crippen LogP contribution in [0.5, 0.6) is 5.75 Å². The first kappa shape index (κ1) is 19.2. The molecule has 4 rings (SSSR count). The SMILES string of the molecule is O=C(CCCOc1ccc(Cl)cc1)N1CCC(c2nc3ccccc3s2)CC1. The van der Waals surface area contributed by atoms with Crippen LogP contribution < -0.4 is 4.74 Å². The van der Waals surface area contributed by atoms with Crippen molar-refractivity contribution in [3.63, 3.8) is 0 Å². The Balaban J connectivity index is 1.21. The van der Waals surface area contributed by atoms with Gasteiger partial charge in [-0.15, -0.1) is 11.3 Å². The van der Waals surface area contributed by atoms with Gasteiger partial charge in [0.2, 0.25) is 5.91 Å². The lowest BCUT2D eigenvalue weighted by atomic mass is 9.97. The molecule has 0 aliphatic carbocycles. The molecule has 146 valence electrons. The molecule has 1 fully saturated rings. The number of nitrogens with zero attached hydrogens (tertiary/aromatic N) is 2. The highest BCUT2D eigenvalue weighted by atomic mass is 35.5. The van der Waals surface area contributed by atoms with Gasteiger partial charge in [0.05, 0.1) is 21.8 Å². The third kappa shape index (κ3) is 4.65. The Kier molecular flexibility index (Phi) is 6.13. The zero-order valence-electron chi connectivity index (χ0n) is 15.6. The van der Waals surface area contributed by atoms with Gasteiger partial charge in [-0.05, 0) is 55.7 Å². The number of carbonyl (C=O) groups excluding carboxylic acids is 1. The Hall–Kier alpha value is -2.11. The molecule has 2 heterocycles. The normalized spacial score (nSPS) is 15.1. The van der Waals surface area contributed by atoms with Gasteiger partial charge in [0.15, 0.2) is 0 Å². The van der Waals surface area contributed by atoms with E-state index in [0.717, 1.165) is 43.6 Å². The lowest BCUT2D eigenvalue weighted by Gasteiger charge is -2.31. The Morgan fingerprint density at radius 3 is 2.64 bits per heavy atom. The number of para-hydroxylation sites is 1. The van der Waals surface area contributed by atoms with Crippen molar-refractivity contribution in [3.8, 4) is 5.75 Å². The summed E-state index contributed by atoms with van der Waals surface area (Å²) in [6.45, 7) is 2.17. The second kappa shape index (κ2) is 8.93. The smallest absolute Gasteiger partial charge is 0.222 e. The summed E-state index contributed by atoms with van der Waals surface area (Å²) in [5.41, 5.74) is 1.08. The van der Waals surface area contributed by atoms with Crippen molar-refractivity contribution in [1.82, 2.24) is 9.88 Å². The van der Waals surface area contributed by atoms with Crippen LogP contribution in [-0.2, 0) is 4.79 Å². The van der Waals surface area contributed by atoms with Gasteiger partial charge in [0.1, 0.15) is 5.75 Å². The fourth-order valence-electron chi connectivity index (χ4n) is 3.54. The highest BCUT2D eigenvalue weighted by molar-refractivity contribution is 7.18. The first-order valence-corrected chi connectivity index (χ1v) is 10.9. The first-order chi connectivity index (χ1) is 13.7. The van der Waals surface area contributed by atoms with Crippen LogP contribution in [0.3, 0.4) is 0 Å². The van der Waals surface area contributed by atoms with Crippen molar-refractivity contribution in [2.24, 2.45) is 0 Å². The molecule has 28 heavy (non-hydrogen) atoms. The number of benzene rings is 2. The average Bonchev–Trinajstić information content (AvgIpc) is 3.17. The molecule has 1 aromatic heterocycles. The van der Waals surface area contributed by atoms with Gasteiger partial charge in [-0.25, -0.2) is 4.98 Å². The maximum Gasteiger partial charge on any atom is 0.222 e. The molecular formula is C22H23ClN2O2S. The van der Waals surface area contributed by atoms with Crippen molar-refractivity contribution in [1.29, 1.82) is 0 Å². The summed E-state index contributed by atoms with van der Waals surface area (Å²) in [6, 6.07) is 15.6. The predicted octanol–water partition coefficient (Wildman–Crippen LogP) is 5.51. The largest absolute Gasteiger partial charge is 0.494 e. The molecule has 0 atom stereocenters. The number of halogens is 1. The molecule has 0 bridgehead atoms. The number of hydrogen-bond donors (Lipinski definition) is 0. The number of likely N-dealkylation sites (tertiary alicyclic amines) is 1. The van der Waals surface area contributed by atoms with Crippen LogP contribution in [0.2, 0.25) is 5.02 Å². The second-order valence-corrected chi connectivity index (χ2v) is 8.58. The average molecular weight is 415 g/mol. The molecule has 0 saturated carbocycles. The van der Waals surface area contributed by atoms with E-state index < -0.39 is 0 Å². The number of hydrogen-bond acceptors (Lipinski definition) is 4. The number of piperidine rings is 1. The summed E-state index contributed by atoms with van der Waals surface area (Å²) in [5.74, 6) is 1.48. The monoisotopic (exact) mass is 414 g/mol. The first-order valence-electron chi connectivity index (χ1n) is 9.70. The lowest BCUT2D eigenvalue weighted by molar-refractivity contribution is -0.132. The van der Waals surface area contributed by atoms with E-state index in [2.05, 4.69) is 18.2 Å². The molecule has 6 heteroatoms. The summed E-state index contributed by atoms with van der Waals surface area (Å²) in [5, 5.41) is 1.90. The Morgan fingerprint density at radius 1 is 1.14 bits per heavy atom. The number of ether oxygens (including phenoxy) is 1. The number of amides is 1. The van der Waals surface area contributed by atoms with Gasteiger partial charge in [0, 0.05) is 30.5 Å². The van der Waals surface area contributed by atoms with E-state index in [-0.39, 0.29) is 5.91 Å². The summed E-state index contributed by atoms with van der Waals surface area (Å²) < 4.78 is 6.91. The highest BCUT2D eigenvalue weighted by Gasteiger charge is 2.25. The number of thiazole rings is 1. The van der Waals surface area contributed by atoms with Gasteiger partial charge >= 0.3 is 0 Å². The fraction of sp³-hybridized carbons (Fsp3) is 0.364. The second-order valence-electron chi connectivity index (χ2n) is 7.08. The molecule has 0 radical (unpaired) electrons. The molecule has 4 nitrogen and oxygen atoms in total. The zero-order valence-corrected chi connectivity index (χ0v) is 17.2. The van der Waals surface area contributed by atoms with Crippen LogP contribution in [0, 0.1) is 0 Å². The van der Waals surface area contributed by atoms with Crippen LogP contribution in [0.15, 0.2) is 48.5 Å². The minimum Gasteiger partial charge on any atom is -0.494 e. The minimum atomic E-state index is 0.224. The third-order valence-electron chi connectivity index (χ3n) is 5.12. The van der Waals surface area contributed by atoms with E-state index in [1.54, 1.807) is 23.5 Å². The van der Waals surface area contributed by atoms with Crippen molar-refractivity contribution >= 4 is 39.1 Å². The van der Waals surface area contributed by atoms with Gasteiger partial charge in [-0.2, -0.15) is 0 Å². The maximum atomic E-state index is 12.5. The van der Waals surface area contributed by atoms with Crippen LogP contribution >= 0.6 is 22.9 Å². The molecule has 0 N–H and O–H groups in total. The summed E-state index contributed by atoms with van der Waals surface area (Å²) in [4.78, 5) is 19.3. The number of carbonyl (C=O) groups is 1. The fourth-order valence-corrected chi connectivity index (χ4v) is 4.81. The van der Waals surface area contributed by atoms with Crippen molar-refractivity contribution in [2.75, 3.05) is 19.7 Å². The molecule has 0 unspecified atom stereocenters. The van der Waals surface area contributed by atoms with Crippen LogP contribution in [0.4, 0.5) is 0 Å². The van der Waals surface area contributed by atoms with Crippen LogP contribution in [0.25, 0.3) is 10.2 Å². The standard InChI is InChI=1S/C22H23ClN2O2S/c23-17-7-9-18(10-8-17)27-15-3-6-21(26)25-13-11-16(12-14-25)22-24-19-4-1-2-5-20(19)28-22/h1-2,4-5,7-10,16H,3,6,11-15H2.